The van der Waals surface area contributed by atoms with Gasteiger partial charge in [-0.15, -0.1) is 0 Å². The molecule has 29 heavy (non-hydrogen) atoms. The van der Waals surface area contributed by atoms with Crippen LogP contribution >= 0.6 is 0 Å². The number of ether oxygens (including phenoxy) is 1. The molecule has 1 aliphatic heterocycles. The maximum Gasteiger partial charge on any atom is 0.255 e. The Morgan fingerprint density at radius 2 is 2.10 bits per heavy atom. The smallest absolute Gasteiger partial charge is 0.255 e. The molecule has 2 aromatic heterocycles. The molecule has 0 aliphatic carbocycles. The van der Waals surface area contributed by atoms with Gasteiger partial charge in [-0.1, -0.05) is 0 Å². The number of anilines is 1. The first-order valence-corrected chi connectivity index (χ1v) is 9.22. The fourth-order valence-corrected chi connectivity index (χ4v) is 3.44. The van der Waals surface area contributed by atoms with E-state index in [2.05, 4.69) is 20.3 Å². The molecule has 1 atom stereocenters. The second kappa shape index (κ2) is 7.96. The number of piperazine rings is 1. The number of rotatable bonds is 4. The van der Waals surface area contributed by atoms with Gasteiger partial charge in [0.2, 0.25) is 5.95 Å². The Labute approximate surface area is 167 Å². The van der Waals surface area contributed by atoms with Gasteiger partial charge in [-0.25, -0.2) is 19.3 Å². The number of aromatic nitrogens is 4. The number of hydrogen-bond acceptors (Lipinski definition) is 7. The van der Waals surface area contributed by atoms with Gasteiger partial charge in [0.25, 0.3) is 5.56 Å². The Morgan fingerprint density at radius 1 is 1.24 bits per heavy atom. The molecule has 1 unspecified atom stereocenters. The molecule has 3 heterocycles. The summed E-state index contributed by atoms with van der Waals surface area (Å²) < 4.78 is 20.7. The summed E-state index contributed by atoms with van der Waals surface area (Å²) in [6, 6.07) is 7.70. The van der Waals surface area contributed by atoms with Crippen molar-refractivity contribution in [3.05, 3.63) is 64.6 Å². The van der Waals surface area contributed by atoms with Crippen molar-refractivity contribution in [2.45, 2.75) is 6.04 Å². The third-order valence-corrected chi connectivity index (χ3v) is 4.95. The zero-order chi connectivity index (χ0) is 20.4. The average Bonchev–Trinajstić information content (AvgIpc) is 2.75. The van der Waals surface area contributed by atoms with E-state index in [0.717, 1.165) is 5.56 Å². The summed E-state index contributed by atoms with van der Waals surface area (Å²) in [6.07, 6.45) is 3.03. The number of methoxy groups -OCH3 is 1. The van der Waals surface area contributed by atoms with Gasteiger partial charge in [0.15, 0.2) is 0 Å². The maximum atomic E-state index is 14.0. The van der Waals surface area contributed by atoms with Crippen LogP contribution in [0.1, 0.15) is 11.6 Å². The monoisotopic (exact) mass is 396 g/mol. The van der Waals surface area contributed by atoms with Crippen molar-refractivity contribution < 1.29 is 9.13 Å². The molecule has 8 nitrogen and oxygen atoms in total. The van der Waals surface area contributed by atoms with Gasteiger partial charge < -0.3 is 15.0 Å². The van der Waals surface area contributed by atoms with E-state index in [1.165, 1.54) is 36.2 Å². The van der Waals surface area contributed by atoms with E-state index in [1.807, 2.05) is 11.0 Å². The zero-order valence-electron chi connectivity index (χ0n) is 16.2. The molecular formula is C20H21FN6O2. The van der Waals surface area contributed by atoms with Crippen LogP contribution in [0.4, 0.5) is 10.3 Å². The number of nitrogens with one attached hydrogen (secondary N) is 1. The van der Waals surface area contributed by atoms with Crippen LogP contribution in [-0.4, -0.2) is 46.3 Å². The Balaban J connectivity index is 1.67. The lowest BCUT2D eigenvalue weighted by Gasteiger charge is -2.35. The molecule has 0 bridgehead atoms. The molecule has 150 valence electrons. The van der Waals surface area contributed by atoms with Crippen LogP contribution < -0.4 is 20.5 Å². The maximum absolute atomic E-state index is 14.0. The van der Waals surface area contributed by atoms with E-state index in [0.29, 0.717) is 42.7 Å². The summed E-state index contributed by atoms with van der Waals surface area (Å²) in [5.41, 5.74) is 1.68. The quantitative estimate of drug-likeness (QED) is 0.716. The van der Waals surface area contributed by atoms with Crippen LogP contribution in [0.25, 0.3) is 11.4 Å². The molecule has 1 aliphatic rings. The molecule has 0 saturated carbocycles. The predicted molar refractivity (Wildman–Crippen MR) is 106 cm³/mol. The van der Waals surface area contributed by atoms with E-state index in [9.17, 15) is 9.18 Å². The van der Waals surface area contributed by atoms with Crippen LogP contribution in [-0.2, 0) is 7.05 Å². The summed E-state index contributed by atoms with van der Waals surface area (Å²) in [4.78, 5) is 27.3. The Morgan fingerprint density at radius 3 is 2.86 bits per heavy atom. The summed E-state index contributed by atoms with van der Waals surface area (Å²) in [5.74, 6) is 0.658. The molecule has 4 rings (SSSR count). The summed E-state index contributed by atoms with van der Waals surface area (Å²) in [5, 5.41) is 3.39. The minimum atomic E-state index is -0.352. The van der Waals surface area contributed by atoms with Gasteiger partial charge in [-0.05, 0) is 23.8 Å². The Hall–Kier alpha value is -3.33. The zero-order valence-corrected chi connectivity index (χ0v) is 16.2. The molecule has 0 spiro atoms. The van der Waals surface area contributed by atoms with Crippen LogP contribution in [0, 0.1) is 5.82 Å². The van der Waals surface area contributed by atoms with Gasteiger partial charge >= 0.3 is 0 Å². The molecule has 3 aromatic rings. The highest BCUT2D eigenvalue weighted by Gasteiger charge is 2.25. The van der Waals surface area contributed by atoms with Crippen LogP contribution in [0.3, 0.4) is 0 Å². The number of hydrogen-bond donors (Lipinski definition) is 1. The van der Waals surface area contributed by atoms with Crippen molar-refractivity contribution >= 4 is 5.95 Å². The summed E-state index contributed by atoms with van der Waals surface area (Å²) >= 11 is 0. The summed E-state index contributed by atoms with van der Waals surface area (Å²) in [6.45, 7) is 1.85. The second-order valence-corrected chi connectivity index (χ2v) is 6.81. The molecule has 0 amide bonds. The van der Waals surface area contributed by atoms with Gasteiger partial charge in [-0.3, -0.25) is 9.36 Å². The van der Waals surface area contributed by atoms with Gasteiger partial charge in [0.05, 0.1) is 24.5 Å². The normalized spacial score (nSPS) is 16.7. The summed E-state index contributed by atoms with van der Waals surface area (Å²) in [7, 11) is 3.20. The van der Waals surface area contributed by atoms with Crippen LogP contribution in [0.2, 0.25) is 0 Å². The minimum Gasteiger partial charge on any atom is -0.497 e. The molecule has 9 heteroatoms. The predicted octanol–water partition coefficient (Wildman–Crippen LogP) is 1.54. The van der Waals surface area contributed by atoms with Gasteiger partial charge in [-0.2, -0.15) is 0 Å². The molecule has 1 saturated heterocycles. The van der Waals surface area contributed by atoms with Gasteiger partial charge in [0, 0.05) is 45.0 Å². The average molecular weight is 396 g/mol. The van der Waals surface area contributed by atoms with E-state index < -0.39 is 0 Å². The Kier molecular flexibility index (Phi) is 5.22. The lowest BCUT2D eigenvalue weighted by molar-refractivity contribution is 0.406. The molecular weight excluding hydrogens is 375 g/mol. The standard InChI is InChI=1S/C20H21FN6O2/c1-26-19(28)10-17(16-3-4-22-12-24-16)25-20(26)27-6-5-23-18(11-27)13-7-14(21)9-15(8-13)29-2/h3-4,7-10,12,18,23H,5-6,11H2,1-2H3. The first-order valence-electron chi connectivity index (χ1n) is 9.22. The van der Waals surface area contributed by atoms with Crippen LogP contribution in [0.15, 0.2) is 47.7 Å². The van der Waals surface area contributed by atoms with E-state index in [-0.39, 0.29) is 17.4 Å². The lowest BCUT2D eigenvalue weighted by atomic mass is 10.0. The lowest BCUT2D eigenvalue weighted by Crippen LogP contribution is -2.47. The molecule has 1 aromatic carbocycles. The highest BCUT2D eigenvalue weighted by atomic mass is 19.1. The van der Waals surface area contributed by atoms with Crippen LogP contribution in [0.5, 0.6) is 5.75 Å². The third-order valence-electron chi connectivity index (χ3n) is 4.95. The second-order valence-electron chi connectivity index (χ2n) is 6.81. The van der Waals surface area contributed by atoms with Crippen molar-refractivity contribution in [2.75, 3.05) is 31.6 Å². The molecule has 0 radical (unpaired) electrons. The van der Waals surface area contributed by atoms with E-state index in [1.54, 1.807) is 19.3 Å². The Bertz CT molecular complexity index is 1070. The molecule has 1 fully saturated rings. The van der Waals surface area contributed by atoms with Gasteiger partial charge in [0.1, 0.15) is 17.9 Å². The minimum absolute atomic E-state index is 0.132. The van der Waals surface area contributed by atoms with Crippen molar-refractivity contribution in [1.82, 2.24) is 24.8 Å². The van der Waals surface area contributed by atoms with Crippen molar-refractivity contribution in [2.24, 2.45) is 7.05 Å². The first-order chi connectivity index (χ1) is 14.0. The molecule has 1 N–H and O–H groups in total. The number of benzene rings is 1. The topological polar surface area (TPSA) is 85.2 Å². The first kappa shape index (κ1) is 19.0. The van der Waals surface area contributed by atoms with E-state index >= 15 is 0 Å². The highest BCUT2D eigenvalue weighted by molar-refractivity contribution is 5.55. The number of halogens is 1. The number of nitrogens with zero attached hydrogens (tertiary/aromatic N) is 5. The fraction of sp³-hybridized carbons (Fsp3) is 0.300. The van der Waals surface area contributed by atoms with E-state index in [4.69, 9.17) is 4.74 Å². The largest absolute Gasteiger partial charge is 0.497 e. The SMILES string of the molecule is COc1cc(F)cc(C2CN(c3nc(-c4ccncn4)cc(=O)n3C)CCN2)c1. The van der Waals surface area contributed by atoms with Crippen molar-refractivity contribution in [3.63, 3.8) is 0 Å². The third kappa shape index (κ3) is 3.95. The van der Waals surface area contributed by atoms with Crippen molar-refractivity contribution in [1.29, 1.82) is 0 Å². The van der Waals surface area contributed by atoms with Crippen molar-refractivity contribution in [3.8, 4) is 17.1 Å². The fourth-order valence-electron chi connectivity index (χ4n) is 3.44. The highest BCUT2D eigenvalue weighted by Crippen LogP contribution is 2.25.